The Bertz CT molecular complexity index is 3370. The van der Waals surface area contributed by atoms with Crippen LogP contribution in [0.15, 0.2) is 93.5 Å². The zero-order valence-corrected chi connectivity index (χ0v) is 46.0. The third-order valence-corrected chi connectivity index (χ3v) is 13.7. The predicted octanol–water partition coefficient (Wildman–Crippen LogP) is -3.66. The molecule has 0 spiro atoms. The third kappa shape index (κ3) is 11.8. The van der Waals surface area contributed by atoms with Crippen LogP contribution in [-0.2, 0) is 40.4 Å². The number of sulfonamides is 1. The molecule has 1 aliphatic rings. The molecule has 0 aliphatic heterocycles. The van der Waals surface area contributed by atoms with Gasteiger partial charge in [-0.15, -0.1) is 0 Å². The van der Waals surface area contributed by atoms with Crippen LogP contribution in [0.3, 0.4) is 0 Å². The number of rotatable bonds is 16. The number of hydrogen-bond acceptors (Lipinski definition) is 19. The van der Waals surface area contributed by atoms with Crippen molar-refractivity contribution in [3.05, 3.63) is 90.0 Å². The van der Waals surface area contributed by atoms with E-state index in [0.29, 0.717) is 24.3 Å². The van der Waals surface area contributed by atoms with Crippen LogP contribution < -0.4 is 118 Å². The van der Waals surface area contributed by atoms with E-state index in [0.717, 1.165) is 24.3 Å². The molecule has 20 nitrogen and oxygen atoms in total. The Morgan fingerprint density at radius 2 is 1.22 bits per heavy atom. The molecule has 0 amide bonds. The number of nitrogens with zero attached hydrogens (tertiary/aromatic N) is 2. The number of carbonyl (C=O) groups is 1. The molecule has 0 bridgehead atoms. The number of ether oxygens (including phenoxy) is 4. The van der Waals surface area contributed by atoms with Crippen LogP contribution in [0.1, 0.15) is 35.7 Å². The quantitative estimate of drug-likeness (QED) is 0.0696. The fraction of sp³-hybridized carbons (Fsp3) is 0.175. The van der Waals surface area contributed by atoms with Crippen molar-refractivity contribution in [2.75, 3.05) is 37.1 Å². The molecular formula is C40H33N4Na3O16S4. The standard InChI is InChI=1S/C40H36N4O16S4.3Na/c1-5-6-15-61(46,47)44-27-18-22(62(48,49)50)11-13-26(27)40-42-36-24-9-7-8-10-25(24)39(45)34-28(41-37-30(58-3)16-21(57-2)17-31(37)59-4)20-32(38(43-40)35(34)36)60-29-14-12-23(63(51,52)53)19-33(29)64(54,55)56;;;/h7-14,16-20,41,44H,5-6,15H2,1-4H3,(H,48,49,50)(H,51,52,53)(H,54,55,56);;;/q;3*+1/p-3. The van der Waals surface area contributed by atoms with Gasteiger partial charge in [0, 0.05) is 40.3 Å². The number of aromatic nitrogens is 2. The summed E-state index contributed by atoms with van der Waals surface area (Å²) in [5.41, 5.74) is -0.560. The summed E-state index contributed by atoms with van der Waals surface area (Å²) in [5.74, 6) is -1.94. The van der Waals surface area contributed by atoms with E-state index >= 15 is 0 Å². The number of methoxy groups -OCH3 is 3. The van der Waals surface area contributed by atoms with Gasteiger partial charge in [-0.2, -0.15) is 0 Å². The Kier molecular flexibility index (Phi) is 18.2. The van der Waals surface area contributed by atoms with Crippen LogP contribution in [0, 0.1) is 0 Å². The molecular weight excluding hydrogens is 990 g/mol. The van der Waals surface area contributed by atoms with Gasteiger partial charge in [0.2, 0.25) is 10.0 Å². The number of ketones is 1. The SMILES string of the molecule is CCCCS(=O)(=O)Nc1cc(S(=O)(=O)[O-])ccc1-c1nc2c3c(c(Nc4c(OC)cc(OC)cc4OC)cc(Oc4ccc(S(=O)(=O)[O-])cc4S(=O)(=O)[O-])c3n1)C(=O)c1ccccc1-2.[Na+].[Na+].[Na+]. The predicted molar refractivity (Wildman–Crippen MR) is 226 cm³/mol. The van der Waals surface area contributed by atoms with Gasteiger partial charge in [-0.05, 0) is 42.8 Å². The van der Waals surface area contributed by atoms with Crippen LogP contribution in [0.25, 0.3) is 33.5 Å². The summed E-state index contributed by atoms with van der Waals surface area (Å²) in [7, 11) is -16.1. The molecule has 5 aromatic carbocycles. The number of anilines is 3. The van der Waals surface area contributed by atoms with E-state index in [-0.39, 0.29) is 163 Å². The zero-order valence-electron chi connectivity index (χ0n) is 36.7. The first-order chi connectivity index (χ1) is 30.1. The number of fused-ring (bicyclic) bond motifs is 2. The summed E-state index contributed by atoms with van der Waals surface area (Å²) >= 11 is 0. The van der Waals surface area contributed by atoms with Crippen LogP contribution in [0.4, 0.5) is 17.1 Å². The molecule has 2 N–H and O–H groups in total. The largest absolute Gasteiger partial charge is 1.00 e. The van der Waals surface area contributed by atoms with E-state index in [1.807, 2.05) is 0 Å². The molecule has 7 rings (SSSR count). The van der Waals surface area contributed by atoms with Gasteiger partial charge in [-0.3, -0.25) is 9.52 Å². The number of benzene rings is 5. The van der Waals surface area contributed by atoms with E-state index in [4.69, 9.17) is 23.9 Å². The second-order valence-corrected chi connectivity index (χ2v) is 19.8. The molecule has 0 saturated carbocycles. The average molecular weight is 1020 g/mol. The molecule has 1 heterocycles. The van der Waals surface area contributed by atoms with E-state index in [9.17, 15) is 52.1 Å². The first-order valence-electron chi connectivity index (χ1n) is 18.5. The van der Waals surface area contributed by atoms with Crippen LogP contribution in [0.5, 0.6) is 28.7 Å². The molecule has 27 heteroatoms. The summed E-state index contributed by atoms with van der Waals surface area (Å²) in [4.78, 5) is 21.0. The Morgan fingerprint density at radius 3 is 1.79 bits per heavy atom. The van der Waals surface area contributed by atoms with E-state index in [1.54, 1.807) is 25.1 Å². The van der Waals surface area contributed by atoms with Crippen molar-refractivity contribution < 1.29 is 160 Å². The van der Waals surface area contributed by atoms with Crippen molar-refractivity contribution in [1.29, 1.82) is 0 Å². The first-order valence-corrected chi connectivity index (χ1v) is 24.4. The molecule has 0 atom stereocenters. The Hall–Kier alpha value is -3.41. The van der Waals surface area contributed by atoms with Gasteiger partial charge in [0.1, 0.15) is 64.6 Å². The van der Waals surface area contributed by atoms with Gasteiger partial charge in [0.05, 0.1) is 64.4 Å². The van der Waals surface area contributed by atoms with Crippen LogP contribution in [-0.4, -0.2) is 90.2 Å². The topological polar surface area (TPSA) is 310 Å². The molecule has 1 aromatic heterocycles. The van der Waals surface area contributed by atoms with Gasteiger partial charge in [0.15, 0.2) is 17.4 Å². The van der Waals surface area contributed by atoms with Gasteiger partial charge < -0.3 is 37.9 Å². The summed E-state index contributed by atoms with van der Waals surface area (Å²) in [6.45, 7) is 1.75. The molecule has 0 fully saturated rings. The maximum atomic E-state index is 14.7. The number of carbonyl (C=O) groups excluding carboxylic acids is 1. The molecule has 0 radical (unpaired) electrons. The maximum absolute atomic E-state index is 14.7. The monoisotopic (exact) mass is 1020 g/mol. The van der Waals surface area contributed by atoms with Crippen molar-refractivity contribution >= 4 is 74.1 Å². The molecule has 0 saturated heterocycles. The van der Waals surface area contributed by atoms with Gasteiger partial charge in [0.25, 0.3) is 0 Å². The Morgan fingerprint density at radius 1 is 0.627 bits per heavy atom. The van der Waals surface area contributed by atoms with Crippen molar-refractivity contribution in [2.45, 2.75) is 34.5 Å². The molecule has 0 unspecified atom stereocenters. The fourth-order valence-corrected chi connectivity index (χ4v) is 9.82. The fourth-order valence-electron chi connectivity index (χ4n) is 6.85. The minimum absolute atomic E-state index is 0. The summed E-state index contributed by atoms with van der Waals surface area (Å²) in [6, 6.07) is 15.0. The minimum Gasteiger partial charge on any atom is -0.744 e. The smallest absolute Gasteiger partial charge is 0.744 e. The van der Waals surface area contributed by atoms with Crippen molar-refractivity contribution in [3.63, 3.8) is 0 Å². The second kappa shape index (κ2) is 21.7. The number of hydrogen-bond donors (Lipinski definition) is 2. The summed E-state index contributed by atoms with van der Waals surface area (Å²) in [6.07, 6.45) is 0.686. The molecule has 6 aromatic rings. The van der Waals surface area contributed by atoms with Gasteiger partial charge >= 0.3 is 88.7 Å². The zero-order chi connectivity index (χ0) is 46.5. The van der Waals surface area contributed by atoms with Crippen LogP contribution >= 0.6 is 0 Å². The molecule has 1 aliphatic carbocycles. The summed E-state index contributed by atoms with van der Waals surface area (Å²) < 4.78 is 162. The number of nitrogens with one attached hydrogen (secondary N) is 2. The van der Waals surface area contributed by atoms with E-state index < -0.39 is 83.8 Å². The first kappa shape index (κ1) is 56.2. The Labute approximate surface area is 451 Å². The minimum atomic E-state index is -5.59. The third-order valence-electron chi connectivity index (χ3n) is 9.81. The molecule has 67 heavy (non-hydrogen) atoms. The van der Waals surface area contributed by atoms with Gasteiger partial charge in [-0.25, -0.2) is 43.6 Å². The normalized spacial score (nSPS) is 12.1. The van der Waals surface area contributed by atoms with Crippen molar-refractivity contribution in [2.24, 2.45) is 0 Å². The summed E-state index contributed by atoms with van der Waals surface area (Å²) in [5, 5.41) is 3.07. The Balaban J connectivity index is 0.00000327. The molecule has 336 valence electrons. The van der Waals surface area contributed by atoms with E-state index in [1.165, 1.54) is 45.6 Å². The average Bonchev–Trinajstić information content (AvgIpc) is 3.24. The van der Waals surface area contributed by atoms with Crippen molar-refractivity contribution in [1.82, 2.24) is 9.97 Å². The van der Waals surface area contributed by atoms with Crippen LogP contribution in [0.2, 0.25) is 0 Å². The van der Waals surface area contributed by atoms with Crippen molar-refractivity contribution in [3.8, 4) is 51.4 Å². The van der Waals surface area contributed by atoms with Gasteiger partial charge in [-0.1, -0.05) is 37.6 Å². The second-order valence-electron chi connectivity index (χ2n) is 13.9. The maximum Gasteiger partial charge on any atom is 1.00 e. The van der Waals surface area contributed by atoms with E-state index in [2.05, 4.69) is 15.0 Å². The number of unbranched alkanes of at least 4 members (excludes halogenated alkanes) is 1.